The van der Waals surface area contributed by atoms with Gasteiger partial charge in [0.1, 0.15) is 4.88 Å². The van der Waals surface area contributed by atoms with Crippen LogP contribution in [0, 0.1) is 13.8 Å². The Morgan fingerprint density at radius 1 is 1.29 bits per heavy atom. The molecule has 1 aromatic rings. The SMILES string of the molecule is Cc1nc(C)c(C(=O)NCCCCCCBr)s1. The summed E-state index contributed by atoms with van der Waals surface area (Å²) in [6.07, 6.45) is 4.66. The summed E-state index contributed by atoms with van der Waals surface area (Å²) in [6.45, 7) is 4.57. The van der Waals surface area contributed by atoms with E-state index >= 15 is 0 Å². The standard InChI is InChI=1S/C12H19BrN2OS/c1-9-11(17-10(2)15-9)12(16)14-8-6-4-3-5-7-13/h3-8H2,1-2H3,(H,14,16). The molecule has 0 aliphatic rings. The topological polar surface area (TPSA) is 42.0 Å². The molecular formula is C12H19BrN2OS. The van der Waals surface area contributed by atoms with Gasteiger partial charge in [-0.25, -0.2) is 4.98 Å². The first kappa shape index (κ1) is 14.6. The van der Waals surface area contributed by atoms with Gasteiger partial charge < -0.3 is 5.32 Å². The van der Waals surface area contributed by atoms with E-state index in [1.54, 1.807) is 0 Å². The number of aromatic nitrogens is 1. The number of rotatable bonds is 7. The number of halogens is 1. The highest BCUT2D eigenvalue weighted by Crippen LogP contribution is 2.16. The first-order chi connectivity index (χ1) is 8.15. The van der Waals surface area contributed by atoms with E-state index in [2.05, 4.69) is 26.2 Å². The predicted octanol–water partition coefficient (Wildman–Crippen LogP) is 3.45. The van der Waals surface area contributed by atoms with Gasteiger partial charge in [0.25, 0.3) is 5.91 Å². The summed E-state index contributed by atoms with van der Waals surface area (Å²) in [5.41, 5.74) is 0.837. The molecule has 1 heterocycles. The second-order valence-electron chi connectivity index (χ2n) is 4.01. The van der Waals surface area contributed by atoms with Gasteiger partial charge >= 0.3 is 0 Å². The normalized spacial score (nSPS) is 10.5. The molecule has 0 fully saturated rings. The lowest BCUT2D eigenvalue weighted by Crippen LogP contribution is -2.24. The highest BCUT2D eigenvalue weighted by molar-refractivity contribution is 9.09. The molecule has 0 saturated heterocycles. The minimum Gasteiger partial charge on any atom is -0.351 e. The van der Waals surface area contributed by atoms with Crippen molar-refractivity contribution in [3.63, 3.8) is 0 Å². The van der Waals surface area contributed by atoms with Gasteiger partial charge in [-0.1, -0.05) is 28.8 Å². The molecule has 1 aromatic heterocycles. The Balaban J connectivity index is 2.23. The van der Waals surface area contributed by atoms with Crippen molar-refractivity contribution >= 4 is 33.2 Å². The fourth-order valence-electron chi connectivity index (χ4n) is 1.60. The van der Waals surface area contributed by atoms with Crippen LogP contribution in [0.5, 0.6) is 0 Å². The van der Waals surface area contributed by atoms with E-state index in [4.69, 9.17) is 0 Å². The van der Waals surface area contributed by atoms with E-state index in [-0.39, 0.29) is 5.91 Å². The van der Waals surface area contributed by atoms with Gasteiger partial charge in [-0.2, -0.15) is 0 Å². The molecule has 0 bridgehead atoms. The van der Waals surface area contributed by atoms with E-state index in [1.807, 2.05) is 13.8 Å². The summed E-state index contributed by atoms with van der Waals surface area (Å²) >= 11 is 4.87. The smallest absolute Gasteiger partial charge is 0.263 e. The molecule has 0 aromatic carbocycles. The Labute approximate surface area is 115 Å². The van der Waals surface area contributed by atoms with Gasteiger partial charge in [0.2, 0.25) is 0 Å². The number of nitrogens with zero attached hydrogens (tertiary/aromatic N) is 1. The summed E-state index contributed by atoms with van der Waals surface area (Å²) < 4.78 is 0. The molecule has 0 unspecified atom stereocenters. The third-order valence-electron chi connectivity index (χ3n) is 2.46. The molecule has 3 nitrogen and oxygen atoms in total. The van der Waals surface area contributed by atoms with Crippen molar-refractivity contribution in [3.8, 4) is 0 Å². The van der Waals surface area contributed by atoms with Crippen molar-refractivity contribution in [2.45, 2.75) is 39.5 Å². The fourth-order valence-corrected chi connectivity index (χ4v) is 2.83. The van der Waals surface area contributed by atoms with E-state index in [0.29, 0.717) is 0 Å². The predicted molar refractivity (Wildman–Crippen MR) is 76.2 cm³/mol. The molecular weight excluding hydrogens is 300 g/mol. The van der Waals surface area contributed by atoms with Crippen molar-refractivity contribution in [2.75, 3.05) is 11.9 Å². The van der Waals surface area contributed by atoms with E-state index < -0.39 is 0 Å². The van der Waals surface area contributed by atoms with Crippen LogP contribution in [0.3, 0.4) is 0 Å². The van der Waals surface area contributed by atoms with Gasteiger partial charge in [-0.05, 0) is 26.7 Å². The van der Waals surface area contributed by atoms with Crippen molar-refractivity contribution in [1.29, 1.82) is 0 Å². The summed E-state index contributed by atoms with van der Waals surface area (Å²) in [6, 6.07) is 0. The minimum atomic E-state index is 0.0218. The summed E-state index contributed by atoms with van der Waals surface area (Å²) in [7, 11) is 0. The highest BCUT2D eigenvalue weighted by atomic mass is 79.9. The number of hydrogen-bond donors (Lipinski definition) is 1. The van der Waals surface area contributed by atoms with E-state index in [9.17, 15) is 4.79 Å². The Kier molecular flexibility index (Phi) is 6.73. The zero-order valence-corrected chi connectivity index (χ0v) is 12.8. The number of carbonyl (C=O) groups is 1. The number of nitrogens with one attached hydrogen (secondary N) is 1. The molecule has 1 N–H and O–H groups in total. The second-order valence-corrected chi connectivity index (χ2v) is 6.00. The van der Waals surface area contributed by atoms with Crippen LogP contribution >= 0.6 is 27.3 Å². The zero-order valence-electron chi connectivity index (χ0n) is 10.4. The molecule has 0 aliphatic heterocycles. The first-order valence-corrected chi connectivity index (χ1v) is 7.87. The molecule has 96 valence electrons. The number of amides is 1. The van der Waals surface area contributed by atoms with Crippen molar-refractivity contribution in [2.24, 2.45) is 0 Å². The average molecular weight is 319 g/mol. The molecule has 1 rings (SSSR count). The fraction of sp³-hybridized carbons (Fsp3) is 0.667. The van der Waals surface area contributed by atoms with Gasteiger partial charge in [-0.3, -0.25) is 4.79 Å². The molecule has 1 amide bonds. The van der Waals surface area contributed by atoms with Gasteiger partial charge in [0, 0.05) is 11.9 Å². The largest absolute Gasteiger partial charge is 0.351 e. The van der Waals surface area contributed by atoms with Crippen LogP contribution in [0.4, 0.5) is 0 Å². The Bertz CT molecular complexity index is 365. The maximum absolute atomic E-state index is 11.8. The summed E-state index contributed by atoms with van der Waals surface area (Å²) in [4.78, 5) is 16.8. The quantitative estimate of drug-likeness (QED) is 0.618. The van der Waals surface area contributed by atoms with Crippen molar-refractivity contribution in [1.82, 2.24) is 10.3 Å². The van der Waals surface area contributed by atoms with Gasteiger partial charge in [0.05, 0.1) is 10.7 Å². The minimum absolute atomic E-state index is 0.0218. The van der Waals surface area contributed by atoms with Crippen molar-refractivity contribution in [3.05, 3.63) is 15.6 Å². The van der Waals surface area contributed by atoms with Crippen molar-refractivity contribution < 1.29 is 4.79 Å². The van der Waals surface area contributed by atoms with Crippen LogP contribution in [0.2, 0.25) is 0 Å². The number of carbonyl (C=O) groups excluding carboxylic acids is 1. The molecule has 17 heavy (non-hydrogen) atoms. The number of thiazole rings is 1. The van der Waals surface area contributed by atoms with Gasteiger partial charge in [0.15, 0.2) is 0 Å². The Morgan fingerprint density at radius 2 is 2.00 bits per heavy atom. The number of alkyl halides is 1. The zero-order chi connectivity index (χ0) is 12.7. The highest BCUT2D eigenvalue weighted by Gasteiger charge is 2.12. The number of unbranched alkanes of at least 4 members (excludes halogenated alkanes) is 3. The lowest BCUT2D eigenvalue weighted by Gasteiger charge is -2.03. The Morgan fingerprint density at radius 3 is 2.59 bits per heavy atom. The summed E-state index contributed by atoms with van der Waals surface area (Å²) in [5.74, 6) is 0.0218. The molecule has 0 radical (unpaired) electrons. The molecule has 0 spiro atoms. The number of aryl methyl sites for hydroxylation is 2. The molecule has 0 aliphatic carbocycles. The third-order valence-corrected chi connectivity index (χ3v) is 4.09. The maximum Gasteiger partial charge on any atom is 0.263 e. The van der Waals surface area contributed by atoms with E-state index in [1.165, 1.54) is 30.6 Å². The first-order valence-electron chi connectivity index (χ1n) is 5.93. The van der Waals surface area contributed by atoms with Crippen LogP contribution in [0.25, 0.3) is 0 Å². The maximum atomic E-state index is 11.8. The van der Waals surface area contributed by atoms with Gasteiger partial charge in [-0.15, -0.1) is 11.3 Å². The monoisotopic (exact) mass is 318 g/mol. The van der Waals surface area contributed by atoms with Crippen LogP contribution in [-0.2, 0) is 0 Å². The van der Waals surface area contributed by atoms with Crippen LogP contribution in [-0.4, -0.2) is 22.8 Å². The van der Waals surface area contributed by atoms with Crippen LogP contribution in [0.1, 0.15) is 46.1 Å². The number of hydrogen-bond acceptors (Lipinski definition) is 3. The third kappa shape index (κ3) is 5.17. The molecule has 0 atom stereocenters. The van der Waals surface area contributed by atoms with Crippen LogP contribution < -0.4 is 5.32 Å². The summed E-state index contributed by atoms with van der Waals surface area (Å²) in [5, 5.41) is 4.97. The molecule has 0 saturated carbocycles. The van der Waals surface area contributed by atoms with Crippen LogP contribution in [0.15, 0.2) is 0 Å². The average Bonchev–Trinajstić information content (AvgIpc) is 2.62. The lowest BCUT2D eigenvalue weighted by molar-refractivity contribution is 0.0956. The molecule has 5 heteroatoms. The second kappa shape index (κ2) is 7.82. The lowest BCUT2D eigenvalue weighted by atomic mass is 10.2. The Hall–Kier alpha value is -0.420. The van der Waals surface area contributed by atoms with E-state index in [0.717, 1.165) is 33.9 Å².